The number of nitrogens with zero attached hydrogens (tertiary/aromatic N) is 2. The van der Waals surface area contributed by atoms with Crippen molar-refractivity contribution in [2.75, 3.05) is 6.54 Å². The fourth-order valence-electron chi connectivity index (χ4n) is 1.90. The van der Waals surface area contributed by atoms with E-state index in [-0.39, 0.29) is 25.2 Å². The molecule has 1 aliphatic heterocycles. The average molecular weight is 336 g/mol. The van der Waals surface area contributed by atoms with Gasteiger partial charge >= 0.3 is 5.91 Å². The van der Waals surface area contributed by atoms with Crippen LogP contribution >= 0.6 is 11.5 Å². The van der Waals surface area contributed by atoms with E-state index in [1.165, 1.54) is 22.7 Å². The van der Waals surface area contributed by atoms with E-state index in [2.05, 4.69) is 15.1 Å². The first kappa shape index (κ1) is 16.8. The van der Waals surface area contributed by atoms with Crippen LogP contribution in [0.2, 0.25) is 0 Å². The summed E-state index contributed by atoms with van der Waals surface area (Å²) in [5.74, 6) is -2.47. The molecule has 2 rings (SSSR count). The largest absolute Gasteiger partial charge is 0.305 e. The van der Waals surface area contributed by atoms with Crippen LogP contribution in [0.3, 0.4) is 0 Å². The van der Waals surface area contributed by atoms with Crippen molar-refractivity contribution in [1.82, 2.24) is 20.1 Å². The van der Waals surface area contributed by atoms with Gasteiger partial charge in [-0.25, -0.2) is 0 Å². The zero-order valence-electron chi connectivity index (χ0n) is 12.7. The summed E-state index contributed by atoms with van der Waals surface area (Å²) >= 11 is 1.23. The Labute approximate surface area is 136 Å². The molecular weight excluding hydrogens is 320 g/mol. The van der Waals surface area contributed by atoms with Gasteiger partial charge in [0.15, 0.2) is 0 Å². The molecule has 2 N–H and O–H groups in total. The summed E-state index contributed by atoms with van der Waals surface area (Å²) in [6.07, 6.45) is 3.48. The van der Waals surface area contributed by atoms with Gasteiger partial charge in [0, 0.05) is 12.8 Å². The fourth-order valence-corrected chi connectivity index (χ4v) is 2.57. The number of hydrogen-bond acceptors (Lipinski definition) is 7. The first-order valence-electron chi connectivity index (χ1n) is 7.08. The van der Waals surface area contributed by atoms with E-state index in [4.69, 9.17) is 0 Å². The van der Waals surface area contributed by atoms with Gasteiger partial charge in [-0.1, -0.05) is 13.8 Å². The number of ketones is 2. The summed E-state index contributed by atoms with van der Waals surface area (Å²) in [5, 5.41) is 4.41. The highest BCUT2D eigenvalue weighted by Crippen LogP contribution is 2.02. The molecule has 1 aromatic rings. The van der Waals surface area contributed by atoms with Crippen molar-refractivity contribution >= 4 is 46.8 Å². The molecule has 0 saturated heterocycles. The average Bonchev–Trinajstić information content (AvgIpc) is 3.03. The topological polar surface area (TPSA) is 108 Å². The minimum Gasteiger partial charge on any atom is -0.304 e. The second kappa shape index (κ2) is 7.14. The number of Topliss-reactive ketones (excluding diaryl/α,β-unsaturated/α-hetero) is 2. The van der Waals surface area contributed by atoms with Crippen LogP contribution in [-0.4, -0.2) is 39.3 Å². The molecule has 0 bridgehead atoms. The van der Waals surface area contributed by atoms with Crippen molar-refractivity contribution in [1.29, 1.82) is 0 Å². The lowest BCUT2D eigenvalue weighted by Gasteiger charge is -2.27. The third-order valence-corrected chi connectivity index (χ3v) is 3.99. The molecule has 0 aliphatic carbocycles. The highest BCUT2D eigenvalue weighted by atomic mass is 32.1. The second-order valence-corrected chi connectivity index (χ2v) is 5.55. The summed E-state index contributed by atoms with van der Waals surface area (Å²) < 4.78 is 4.85. The van der Waals surface area contributed by atoms with Gasteiger partial charge in [0.05, 0.1) is 22.5 Å². The maximum Gasteiger partial charge on any atom is 0.305 e. The van der Waals surface area contributed by atoms with Crippen molar-refractivity contribution in [2.24, 2.45) is 0 Å². The minimum atomic E-state index is -0.777. The summed E-state index contributed by atoms with van der Waals surface area (Å²) in [7, 11) is 0. The Bertz CT molecular complexity index is 783. The van der Waals surface area contributed by atoms with Gasteiger partial charge in [-0.15, -0.1) is 0 Å². The number of rotatable bonds is 6. The maximum atomic E-state index is 11.9. The van der Waals surface area contributed by atoms with Gasteiger partial charge in [-0.05, 0) is 17.6 Å². The van der Waals surface area contributed by atoms with E-state index in [0.717, 1.165) is 4.53 Å². The zero-order chi connectivity index (χ0) is 17.0. The van der Waals surface area contributed by atoms with Crippen LogP contribution in [-0.2, 0) is 19.2 Å². The van der Waals surface area contributed by atoms with E-state index < -0.39 is 23.4 Å². The van der Waals surface area contributed by atoms with Crippen LogP contribution in [0.5, 0.6) is 0 Å². The van der Waals surface area contributed by atoms with E-state index in [0.29, 0.717) is 5.22 Å². The Hall–Kier alpha value is -2.55. The van der Waals surface area contributed by atoms with Gasteiger partial charge in [-0.2, -0.15) is 4.37 Å². The van der Waals surface area contributed by atoms with Crippen LogP contribution in [0.1, 0.15) is 26.7 Å². The van der Waals surface area contributed by atoms with E-state index in [1.54, 1.807) is 19.9 Å². The Morgan fingerprint density at radius 2 is 1.83 bits per heavy atom. The summed E-state index contributed by atoms with van der Waals surface area (Å²) in [5.41, 5.74) is 2.44. The van der Waals surface area contributed by atoms with E-state index >= 15 is 0 Å². The van der Waals surface area contributed by atoms with Crippen LogP contribution < -0.4 is 20.5 Å². The summed E-state index contributed by atoms with van der Waals surface area (Å²) in [4.78, 5) is 46.6. The monoisotopic (exact) mass is 336 g/mol. The number of carbonyl (C=O) groups is 4. The first-order valence-corrected chi connectivity index (χ1v) is 7.86. The van der Waals surface area contributed by atoms with Gasteiger partial charge in [-0.3, -0.25) is 29.6 Å². The van der Waals surface area contributed by atoms with E-state index in [1.807, 2.05) is 0 Å². The van der Waals surface area contributed by atoms with Gasteiger partial charge in [0.25, 0.3) is 5.91 Å². The molecule has 0 fully saturated rings. The number of aromatic nitrogens is 1. The lowest BCUT2D eigenvalue weighted by Crippen LogP contribution is -2.54. The number of fused-ring (bicyclic) bond motifs is 1. The Morgan fingerprint density at radius 1 is 1.17 bits per heavy atom. The first-order chi connectivity index (χ1) is 11.0. The summed E-state index contributed by atoms with van der Waals surface area (Å²) in [6, 6.07) is 0. The molecule has 0 spiro atoms. The van der Waals surface area contributed by atoms with Crippen LogP contribution in [0.25, 0.3) is 11.9 Å². The Morgan fingerprint density at radius 3 is 2.48 bits per heavy atom. The molecule has 0 radical (unpaired) electrons. The molecule has 8 nitrogen and oxygen atoms in total. The molecule has 2 heterocycles. The molecule has 9 heteroatoms. The molecule has 122 valence electrons. The van der Waals surface area contributed by atoms with Crippen molar-refractivity contribution in [3.63, 3.8) is 0 Å². The molecular formula is C14H16N4O4S. The summed E-state index contributed by atoms with van der Waals surface area (Å²) in [6.45, 7) is 3.41. The minimum absolute atomic E-state index is 0.0701. The van der Waals surface area contributed by atoms with Crippen molar-refractivity contribution < 1.29 is 19.2 Å². The number of hydrazine groups is 1. The fraction of sp³-hybridized carbons (Fsp3) is 0.357. The molecule has 0 saturated carbocycles. The second-order valence-electron chi connectivity index (χ2n) is 4.72. The Kier molecular flexibility index (Phi) is 5.22. The van der Waals surface area contributed by atoms with E-state index in [9.17, 15) is 19.2 Å². The third-order valence-electron chi connectivity index (χ3n) is 3.20. The normalized spacial score (nSPS) is 13.0. The maximum absolute atomic E-state index is 11.9. The molecule has 1 aromatic heterocycles. The standard InChI is InChI=1S/C14H16N4O4S/c1-3-9(19)13(21)16-12-8-7-15-23-11(8)5-6-18(12)17-14(22)10(20)4-2/h5,7H,3-4,6H2,1-2H3,(H,16,21)(H,17,22). The van der Waals surface area contributed by atoms with Gasteiger partial charge < -0.3 is 5.32 Å². The van der Waals surface area contributed by atoms with Crippen molar-refractivity contribution in [3.05, 3.63) is 15.9 Å². The molecule has 0 unspecified atom stereocenters. The molecule has 0 aromatic carbocycles. The number of amides is 2. The van der Waals surface area contributed by atoms with Gasteiger partial charge in [0.1, 0.15) is 5.82 Å². The molecule has 2 amide bonds. The number of carbonyl (C=O) groups excluding carboxylic acids is 4. The van der Waals surface area contributed by atoms with Crippen molar-refractivity contribution in [2.45, 2.75) is 26.7 Å². The number of hydrogen-bond donors (Lipinski definition) is 2. The van der Waals surface area contributed by atoms with Crippen LogP contribution in [0.4, 0.5) is 0 Å². The SMILES string of the molecule is CCC(=O)C(=O)NC1=c2cnsc2=CCN1NC(=O)C(=O)CC. The molecule has 1 aliphatic rings. The quantitative estimate of drug-likeness (QED) is 0.607. The third kappa shape index (κ3) is 3.62. The predicted octanol–water partition coefficient (Wildman–Crippen LogP) is -1.59. The van der Waals surface area contributed by atoms with Crippen LogP contribution in [0, 0.1) is 0 Å². The van der Waals surface area contributed by atoms with Crippen molar-refractivity contribution in [3.8, 4) is 0 Å². The Balaban J connectivity index is 2.33. The molecule has 0 atom stereocenters. The number of nitrogens with one attached hydrogen (secondary N) is 2. The van der Waals surface area contributed by atoms with Crippen LogP contribution in [0.15, 0.2) is 6.20 Å². The smallest absolute Gasteiger partial charge is 0.304 e. The highest BCUT2D eigenvalue weighted by Gasteiger charge is 2.23. The lowest BCUT2D eigenvalue weighted by atomic mass is 10.2. The predicted molar refractivity (Wildman–Crippen MR) is 82.8 cm³/mol. The lowest BCUT2D eigenvalue weighted by molar-refractivity contribution is -0.140. The highest BCUT2D eigenvalue weighted by molar-refractivity contribution is 7.03. The zero-order valence-corrected chi connectivity index (χ0v) is 13.5. The van der Waals surface area contributed by atoms with Gasteiger partial charge in [0.2, 0.25) is 11.6 Å². The molecule has 23 heavy (non-hydrogen) atoms.